The predicted octanol–water partition coefficient (Wildman–Crippen LogP) is 2.59. The largest absolute Gasteiger partial charge is 0.314 e. The van der Waals surface area contributed by atoms with E-state index in [2.05, 4.69) is 28.8 Å². The predicted molar refractivity (Wildman–Crippen MR) is 79.7 cm³/mol. The third kappa shape index (κ3) is 3.29. The van der Waals surface area contributed by atoms with Crippen molar-refractivity contribution in [3.05, 3.63) is 42.6 Å². The number of carbonyl (C=O) groups excluding carboxylic acids is 1. The Balaban J connectivity index is 0.00000200. The van der Waals surface area contributed by atoms with Crippen molar-refractivity contribution in [1.82, 2.24) is 10.3 Å². The Morgan fingerprint density at radius 1 is 1.58 bits per heavy atom. The van der Waals surface area contributed by atoms with Crippen molar-refractivity contribution in [2.45, 2.75) is 19.4 Å². The summed E-state index contributed by atoms with van der Waals surface area (Å²) in [6.45, 7) is 8.29. The minimum Gasteiger partial charge on any atom is -0.314 e. The molecule has 2 rings (SSSR count). The number of rotatable bonds is 6. The van der Waals surface area contributed by atoms with E-state index in [-0.39, 0.29) is 13.3 Å². The number of hydrogen-bond acceptors (Lipinski definition) is 3. The second-order valence-electron chi connectivity index (χ2n) is 4.71. The van der Waals surface area contributed by atoms with Gasteiger partial charge in [-0.15, -0.1) is 0 Å². The van der Waals surface area contributed by atoms with Gasteiger partial charge in [0.1, 0.15) is 5.82 Å². The maximum atomic E-state index is 11.7. The van der Waals surface area contributed by atoms with Crippen molar-refractivity contribution in [3.63, 3.8) is 0 Å². The van der Waals surface area contributed by atoms with Gasteiger partial charge in [0.05, 0.1) is 5.69 Å². The summed E-state index contributed by atoms with van der Waals surface area (Å²) in [5.74, 6) is 0.846. The molecule has 0 saturated heterocycles. The van der Waals surface area contributed by atoms with Crippen LogP contribution in [0.1, 0.15) is 25.5 Å². The summed E-state index contributed by atoms with van der Waals surface area (Å²) in [7, 11) is 1.86. The van der Waals surface area contributed by atoms with E-state index < -0.39 is 0 Å². The zero-order chi connectivity index (χ0) is 13.8. The Morgan fingerprint density at radius 3 is 2.89 bits per heavy atom. The van der Waals surface area contributed by atoms with Gasteiger partial charge < -0.3 is 10.6 Å². The molecule has 0 spiro atoms. The summed E-state index contributed by atoms with van der Waals surface area (Å²) in [6, 6.07) is 3.73. The highest BCUT2D eigenvalue weighted by atomic mass is 16.2. The molecular formula is C15H21N3O. The van der Waals surface area contributed by atoms with Crippen molar-refractivity contribution < 1.29 is 6.22 Å². The first kappa shape index (κ1) is 13.5. The van der Waals surface area contributed by atoms with Crippen LogP contribution in [-0.2, 0) is 11.3 Å². The van der Waals surface area contributed by atoms with Crippen LogP contribution in [0.15, 0.2) is 31.4 Å². The fraction of sp³-hybridized carbons (Fsp3) is 0.333. The van der Waals surface area contributed by atoms with Crippen LogP contribution in [-0.4, -0.2) is 17.9 Å². The number of nitrogens with one attached hydrogen (secondary N) is 2. The zero-order valence-electron chi connectivity index (χ0n) is 11.2. The summed E-state index contributed by atoms with van der Waals surface area (Å²) in [5, 5.41) is 5.92. The molecule has 1 saturated carbocycles. The molecule has 0 unspecified atom stereocenters. The quantitative estimate of drug-likeness (QED) is 0.772. The van der Waals surface area contributed by atoms with E-state index in [1.165, 1.54) is 0 Å². The third-order valence-electron chi connectivity index (χ3n) is 3.11. The fourth-order valence-electron chi connectivity index (χ4n) is 1.85. The van der Waals surface area contributed by atoms with Crippen LogP contribution in [0.5, 0.6) is 0 Å². The van der Waals surface area contributed by atoms with E-state index in [9.17, 15) is 4.79 Å². The van der Waals surface area contributed by atoms with Crippen LogP contribution in [0.25, 0.3) is 5.57 Å². The van der Waals surface area contributed by atoms with Gasteiger partial charge in [0, 0.05) is 19.5 Å². The maximum absolute atomic E-state index is 11.7. The van der Waals surface area contributed by atoms with Crippen molar-refractivity contribution in [2.24, 2.45) is 5.92 Å². The molecule has 102 valence electrons. The molecule has 0 aliphatic heterocycles. The lowest BCUT2D eigenvalue weighted by molar-refractivity contribution is -0.117. The molecule has 0 aromatic carbocycles. The van der Waals surface area contributed by atoms with E-state index in [1.54, 1.807) is 6.08 Å². The molecule has 0 radical (unpaired) electrons. The number of pyridine rings is 1. The first-order chi connectivity index (χ1) is 9.15. The van der Waals surface area contributed by atoms with Crippen LogP contribution < -0.4 is 10.6 Å². The van der Waals surface area contributed by atoms with Gasteiger partial charge in [-0.25, -0.2) is 4.98 Å². The normalized spacial score (nSPS) is 13.9. The highest BCUT2D eigenvalue weighted by molar-refractivity contribution is 5.93. The Morgan fingerprint density at radius 2 is 2.32 bits per heavy atom. The number of aromatic nitrogens is 1. The van der Waals surface area contributed by atoms with E-state index in [0.29, 0.717) is 12.4 Å². The molecular weight excluding hydrogens is 238 g/mol. The van der Waals surface area contributed by atoms with E-state index in [4.69, 9.17) is 0 Å². The molecule has 4 nitrogen and oxygen atoms in total. The van der Waals surface area contributed by atoms with Gasteiger partial charge in [-0.3, -0.25) is 4.79 Å². The number of carbonyl (C=O) groups is 1. The first-order valence-corrected chi connectivity index (χ1v) is 6.42. The smallest absolute Gasteiger partial charge is 0.228 e. The third-order valence-corrected chi connectivity index (χ3v) is 3.11. The van der Waals surface area contributed by atoms with Crippen molar-refractivity contribution in [1.29, 1.82) is 0 Å². The first-order valence-electron chi connectivity index (χ1n) is 6.42. The van der Waals surface area contributed by atoms with Crippen molar-refractivity contribution in [2.75, 3.05) is 12.4 Å². The lowest BCUT2D eigenvalue weighted by Crippen LogP contribution is -2.16. The number of amides is 1. The van der Waals surface area contributed by atoms with Gasteiger partial charge in [-0.2, -0.15) is 0 Å². The Hall–Kier alpha value is -1.94. The molecule has 1 aliphatic rings. The molecule has 0 bridgehead atoms. The van der Waals surface area contributed by atoms with Gasteiger partial charge in [-0.1, -0.05) is 19.2 Å². The number of hydrogen-bond donors (Lipinski definition) is 2. The molecule has 4 heteroatoms. The summed E-state index contributed by atoms with van der Waals surface area (Å²) >= 11 is 0. The highest BCUT2D eigenvalue weighted by Gasteiger charge is 2.29. The van der Waals surface area contributed by atoms with E-state index in [0.717, 1.165) is 29.7 Å². The van der Waals surface area contributed by atoms with Gasteiger partial charge in [-0.05, 0) is 37.6 Å². The van der Waals surface area contributed by atoms with Gasteiger partial charge in [0.2, 0.25) is 5.91 Å². The van der Waals surface area contributed by atoms with Crippen molar-refractivity contribution >= 4 is 17.3 Å². The summed E-state index contributed by atoms with van der Waals surface area (Å²) in [4.78, 5) is 16.2. The Bertz CT molecular complexity index is 524. The average molecular weight is 259 g/mol. The molecule has 2 N–H and O–H groups in total. The Labute approximate surface area is 115 Å². The number of nitrogens with zero attached hydrogens (tertiary/aromatic N) is 1. The van der Waals surface area contributed by atoms with Crippen molar-refractivity contribution in [3.8, 4) is 0 Å². The summed E-state index contributed by atoms with van der Waals surface area (Å²) in [5.41, 5.74) is 2.65. The van der Waals surface area contributed by atoms with Crippen LogP contribution in [0.4, 0.5) is 5.82 Å². The topological polar surface area (TPSA) is 54.0 Å². The van der Waals surface area contributed by atoms with Gasteiger partial charge in [0.25, 0.3) is 0 Å². The van der Waals surface area contributed by atoms with Gasteiger partial charge >= 0.3 is 0 Å². The lowest BCUT2D eigenvalue weighted by Gasteiger charge is -2.11. The molecule has 1 heterocycles. The maximum Gasteiger partial charge on any atom is 0.228 e. The second kappa shape index (κ2) is 5.80. The monoisotopic (exact) mass is 259 g/mol. The van der Waals surface area contributed by atoms with E-state index in [1.807, 2.05) is 19.2 Å². The standard InChI is InChI=1S/C15H19N3O.H2/c1-4-10(2)12-7-8-14(17-13(12)9-16-3)18-15(19)11-5-6-11;/h4,7-8,11,16H,1-2,5-6,9H2,3H3,(H,17,18,19);1H. The average Bonchev–Trinajstić information content (AvgIpc) is 3.23. The van der Waals surface area contributed by atoms with Gasteiger partial charge in [0.15, 0.2) is 0 Å². The molecule has 1 fully saturated rings. The zero-order valence-corrected chi connectivity index (χ0v) is 11.2. The number of allylic oxidation sites excluding steroid dienone is 2. The minimum absolute atomic E-state index is 0. The van der Waals surface area contributed by atoms with Crippen LogP contribution in [0.3, 0.4) is 0 Å². The summed E-state index contributed by atoms with van der Waals surface area (Å²) in [6.07, 6.45) is 3.68. The molecule has 0 atom stereocenters. The summed E-state index contributed by atoms with van der Waals surface area (Å²) < 4.78 is 0. The van der Waals surface area contributed by atoms with Crippen LogP contribution in [0, 0.1) is 5.92 Å². The molecule has 1 aromatic rings. The highest BCUT2D eigenvalue weighted by Crippen LogP contribution is 2.30. The fourth-order valence-corrected chi connectivity index (χ4v) is 1.85. The minimum atomic E-state index is 0. The second-order valence-corrected chi connectivity index (χ2v) is 4.71. The molecule has 19 heavy (non-hydrogen) atoms. The Kier molecular flexibility index (Phi) is 4.12. The molecule has 1 aromatic heterocycles. The lowest BCUT2D eigenvalue weighted by atomic mass is 10.1. The van der Waals surface area contributed by atoms with Crippen LogP contribution >= 0.6 is 0 Å². The SMILES string of the molecule is C=CC(=C)c1ccc(NC(=O)C2CC2)nc1CNC.[HH]. The molecule has 1 amide bonds. The van der Waals surface area contributed by atoms with Crippen LogP contribution in [0.2, 0.25) is 0 Å². The number of anilines is 1. The molecule has 1 aliphatic carbocycles. The van der Waals surface area contributed by atoms with E-state index >= 15 is 0 Å².